The summed E-state index contributed by atoms with van der Waals surface area (Å²) in [7, 11) is 2.82. The first-order valence-corrected chi connectivity index (χ1v) is 18.2. The Kier molecular flexibility index (Phi) is 10.5. The summed E-state index contributed by atoms with van der Waals surface area (Å²) in [5, 5.41) is 60.4. The lowest BCUT2D eigenvalue weighted by Gasteiger charge is -2.49. The highest BCUT2D eigenvalue weighted by molar-refractivity contribution is 6.30. The number of aryl methyl sites for hydroxylation is 1. The van der Waals surface area contributed by atoms with E-state index in [2.05, 4.69) is 15.3 Å². The summed E-state index contributed by atoms with van der Waals surface area (Å²) in [5.74, 6) is -4.00. The summed E-state index contributed by atoms with van der Waals surface area (Å²) in [5.41, 5.74) is 10.2. The Morgan fingerprint density at radius 1 is 1.11 bits per heavy atom. The van der Waals surface area contributed by atoms with Crippen molar-refractivity contribution >= 4 is 35.2 Å². The minimum atomic E-state index is -2.43. The number of anilines is 1. The minimum Gasteiger partial charge on any atom is -0.507 e. The van der Waals surface area contributed by atoms with Gasteiger partial charge in [0.25, 0.3) is 11.8 Å². The molecule has 7 atom stereocenters. The number of imide groups is 1. The number of carbonyl (C=O) groups excluding carboxylic acids is 4. The fraction of sp³-hybridized carbons (Fsp3) is 0.385. The molecule has 2 aliphatic heterocycles. The molecular weight excluding hydrogens is 744 g/mol. The highest BCUT2D eigenvalue weighted by atomic mass is 16.7. The van der Waals surface area contributed by atoms with Gasteiger partial charge in [0.1, 0.15) is 47.0 Å². The molecule has 1 aromatic heterocycles. The lowest BCUT2D eigenvalue weighted by molar-refractivity contribution is -0.315. The van der Waals surface area contributed by atoms with Crippen LogP contribution in [0.15, 0.2) is 53.7 Å². The van der Waals surface area contributed by atoms with Crippen LogP contribution in [-0.4, -0.2) is 122 Å². The maximum absolute atomic E-state index is 14.4. The second-order valence-corrected chi connectivity index (χ2v) is 14.4. The van der Waals surface area contributed by atoms with Crippen LogP contribution >= 0.6 is 0 Å². The fourth-order valence-electron chi connectivity index (χ4n) is 8.16. The van der Waals surface area contributed by atoms with Crippen LogP contribution in [0.4, 0.5) is 5.82 Å². The molecule has 0 radical (unpaired) electrons. The van der Waals surface area contributed by atoms with E-state index in [0.29, 0.717) is 36.0 Å². The smallest absolute Gasteiger partial charge is 0.253 e. The van der Waals surface area contributed by atoms with Crippen LogP contribution in [-0.2, 0) is 20.7 Å². The third-order valence-electron chi connectivity index (χ3n) is 11.1. The number of aliphatic imine (C=N–C) groups is 1. The maximum Gasteiger partial charge on any atom is 0.253 e. The zero-order chi connectivity index (χ0) is 40.9. The normalized spacial score (nSPS) is 26.2. The summed E-state index contributed by atoms with van der Waals surface area (Å²) < 4.78 is 17.4. The van der Waals surface area contributed by atoms with Gasteiger partial charge in [-0.2, -0.15) is 0 Å². The van der Waals surface area contributed by atoms with Crippen LogP contribution in [0.1, 0.15) is 79.8 Å². The lowest BCUT2D eigenvalue weighted by atomic mass is 9.75. The molecule has 3 heterocycles. The number of nitrogen functional groups attached to an aromatic ring is 1. The zero-order valence-corrected chi connectivity index (χ0v) is 30.9. The van der Waals surface area contributed by atoms with Gasteiger partial charge >= 0.3 is 0 Å². The molecule has 0 bridgehead atoms. The fourth-order valence-corrected chi connectivity index (χ4v) is 8.16. The van der Waals surface area contributed by atoms with Gasteiger partial charge in [-0.3, -0.25) is 29.1 Å². The Morgan fingerprint density at radius 3 is 2.49 bits per heavy atom. The van der Waals surface area contributed by atoms with E-state index >= 15 is 0 Å². The number of ketones is 2. The summed E-state index contributed by atoms with van der Waals surface area (Å²) in [4.78, 5) is 62.4. The second kappa shape index (κ2) is 15.2. The summed E-state index contributed by atoms with van der Waals surface area (Å²) in [6, 6.07) is 6.66. The van der Waals surface area contributed by atoms with E-state index in [1.807, 2.05) is 0 Å². The molecule has 2 aliphatic carbocycles. The standard InChI is InChI=1S/C39H42N6O12/c1-42-38(41)44-23-5-3-4-18-10-21-31(33(50)29(18)23)34(51)30-22(32(21)49)12-20(55-2)13-24(30)56-37-35(52)36(53)39(54,25(16-46)57-37)14-19(17-8-9-43-26(40)11-17)15-45-27(47)6-7-28(45)48/h6-13,19,23,25,35-37,46,50,52-54H,3-5,14-16H2,1-2H3,(H2,40,43)(H3,41,42,44). The number of ether oxygens (including phenoxy) is 3. The molecule has 18 nitrogen and oxygen atoms in total. The van der Waals surface area contributed by atoms with E-state index in [9.17, 15) is 44.7 Å². The molecule has 57 heavy (non-hydrogen) atoms. The number of phenols is 1. The van der Waals surface area contributed by atoms with Gasteiger partial charge in [-0.25, -0.2) is 4.98 Å². The number of pyridine rings is 1. The van der Waals surface area contributed by atoms with Crippen LogP contribution in [0.25, 0.3) is 0 Å². The SMILES string of the molecule is CN=C(N)NC1CCCc2cc3c(c(O)c21)C(=O)c1c(OC2OC(CO)C(O)(CC(CN4C(=O)C=CC4=O)c4ccnc(N)c4)C(O)C2O)cc(OC)cc1C3=O. The van der Waals surface area contributed by atoms with Gasteiger partial charge in [-0.1, -0.05) is 0 Å². The van der Waals surface area contributed by atoms with Crippen molar-refractivity contribution in [1.82, 2.24) is 15.2 Å². The van der Waals surface area contributed by atoms with Crippen LogP contribution in [0, 0.1) is 0 Å². The van der Waals surface area contributed by atoms with Crippen LogP contribution in [0.5, 0.6) is 17.2 Å². The molecule has 10 N–H and O–H groups in total. The van der Waals surface area contributed by atoms with Crippen molar-refractivity contribution in [3.05, 3.63) is 87.6 Å². The van der Waals surface area contributed by atoms with Gasteiger partial charge in [-0.05, 0) is 61.1 Å². The number of hydrogen-bond acceptors (Lipinski definition) is 15. The molecule has 2 aromatic carbocycles. The monoisotopic (exact) mass is 786 g/mol. The number of hydrogen-bond donors (Lipinski definition) is 8. The molecule has 7 unspecified atom stereocenters. The van der Waals surface area contributed by atoms with Gasteiger partial charge in [-0.15, -0.1) is 0 Å². The predicted molar refractivity (Wildman–Crippen MR) is 200 cm³/mol. The second-order valence-electron chi connectivity index (χ2n) is 14.4. The van der Waals surface area contributed by atoms with Gasteiger partial charge < -0.3 is 56.5 Å². The number of aliphatic hydroxyl groups excluding tert-OH is 3. The van der Waals surface area contributed by atoms with Crippen molar-refractivity contribution in [3.8, 4) is 17.2 Å². The third kappa shape index (κ3) is 6.84. The van der Waals surface area contributed by atoms with E-state index < -0.39 is 84.3 Å². The van der Waals surface area contributed by atoms with E-state index in [1.165, 1.54) is 44.6 Å². The third-order valence-corrected chi connectivity index (χ3v) is 11.1. The van der Waals surface area contributed by atoms with Gasteiger partial charge in [0.15, 0.2) is 11.7 Å². The number of methoxy groups -OCH3 is 1. The van der Waals surface area contributed by atoms with Crippen molar-refractivity contribution in [1.29, 1.82) is 0 Å². The van der Waals surface area contributed by atoms with E-state index in [0.717, 1.165) is 17.1 Å². The largest absolute Gasteiger partial charge is 0.507 e. The molecule has 3 aromatic rings. The molecule has 300 valence electrons. The Bertz CT molecular complexity index is 2210. The van der Waals surface area contributed by atoms with E-state index in [4.69, 9.17) is 25.7 Å². The van der Waals surface area contributed by atoms with Crippen LogP contribution in [0.2, 0.25) is 0 Å². The van der Waals surface area contributed by atoms with Crippen molar-refractivity contribution in [3.63, 3.8) is 0 Å². The number of nitrogens with two attached hydrogens (primary N) is 2. The summed E-state index contributed by atoms with van der Waals surface area (Å²) in [6.07, 6.45) is -2.81. The lowest BCUT2D eigenvalue weighted by Crippen LogP contribution is -2.68. The zero-order valence-electron chi connectivity index (χ0n) is 30.9. The van der Waals surface area contributed by atoms with E-state index in [1.54, 1.807) is 6.07 Å². The number of nitrogens with one attached hydrogen (secondary N) is 1. The first kappa shape index (κ1) is 39.3. The number of aromatic hydroxyl groups is 1. The molecule has 0 saturated carbocycles. The number of aliphatic hydroxyl groups is 4. The van der Waals surface area contributed by atoms with Crippen molar-refractivity contribution < 1.29 is 58.9 Å². The number of rotatable bonds is 10. The van der Waals surface area contributed by atoms with Crippen LogP contribution < -0.4 is 26.3 Å². The first-order chi connectivity index (χ1) is 27.2. The van der Waals surface area contributed by atoms with Crippen molar-refractivity contribution in [2.75, 3.05) is 33.0 Å². The van der Waals surface area contributed by atoms with Crippen molar-refractivity contribution in [2.45, 2.75) is 67.8 Å². The highest BCUT2D eigenvalue weighted by Gasteiger charge is 2.56. The maximum atomic E-state index is 14.4. The van der Waals surface area contributed by atoms with Crippen LogP contribution in [0.3, 0.4) is 0 Å². The van der Waals surface area contributed by atoms with Gasteiger partial charge in [0.05, 0.1) is 30.9 Å². The molecule has 1 saturated heterocycles. The Balaban J connectivity index is 1.22. The Labute approximate surface area is 325 Å². The molecular formula is C39H42N6O12. The van der Waals surface area contributed by atoms with Gasteiger partial charge in [0, 0.05) is 60.6 Å². The summed E-state index contributed by atoms with van der Waals surface area (Å²) >= 11 is 0. The molecule has 2 amide bonds. The minimum absolute atomic E-state index is 0.0332. The van der Waals surface area contributed by atoms with E-state index in [-0.39, 0.29) is 52.1 Å². The average Bonchev–Trinajstić information content (AvgIpc) is 3.51. The average molecular weight is 787 g/mol. The Morgan fingerprint density at radius 2 is 1.82 bits per heavy atom. The molecule has 1 fully saturated rings. The van der Waals surface area contributed by atoms with Crippen molar-refractivity contribution in [2.24, 2.45) is 10.7 Å². The number of aromatic nitrogens is 1. The number of fused-ring (bicyclic) bond motifs is 3. The number of amides is 2. The van der Waals surface area contributed by atoms with Gasteiger partial charge in [0.2, 0.25) is 12.1 Å². The molecule has 0 spiro atoms. The number of carbonyl (C=O) groups is 4. The topological polar surface area (TPSA) is 290 Å². The predicted octanol–water partition coefficient (Wildman–Crippen LogP) is -0.287. The number of benzene rings is 2. The quantitative estimate of drug-likeness (QED) is 0.0582. The molecule has 4 aliphatic rings. The number of phenolic OH excluding ortho intramolecular Hbond substituents is 1. The Hall–Kier alpha value is -5.92. The molecule has 7 rings (SSSR count). The summed E-state index contributed by atoms with van der Waals surface area (Å²) in [6.45, 7) is -1.20. The number of nitrogens with zero attached hydrogens (tertiary/aromatic N) is 3. The highest BCUT2D eigenvalue weighted by Crippen LogP contribution is 2.46. The molecule has 18 heteroatoms. The first-order valence-electron chi connectivity index (χ1n) is 18.2. The number of guanidine groups is 1.